The third kappa shape index (κ3) is 4.12. The molecule has 2 nitrogen and oxygen atoms in total. The summed E-state index contributed by atoms with van der Waals surface area (Å²) in [4.78, 5) is 1.30. The summed E-state index contributed by atoms with van der Waals surface area (Å²) in [5.41, 5.74) is 6.09. The van der Waals surface area contributed by atoms with Crippen molar-refractivity contribution in [2.24, 2.45) is 0 Å². The summed E-state index contributed by atoms with van der Waals surface area (Å²) in [7, 11) is 0. The number of ether oxygens (including phenoxy) is 2. The zero-order chi connectivity index (χ0) is 19.8. The van der Waals surface area contributed by atoms with Gasteiger partial charge in [-0.05, 0) is 63.8 Å². The Morgan fingerprint density at radius 1 is 1.04 bits per heavy atom. The normalized spacial score (nSPS) is 22.1. The third-order valence-corrected chi connectivity index (χ3v) is 7.28. The van der Waals surface area contributed by atoms with E-state index in [4.69, 9.17) is 9.47 Å². The highest BCUT2D eigenvalue weighted by atomic mass is 32.1. The van der Waals surface area contributed by atoms with Crippen LogP contribution in [0.3, 0.4) is 0 Å². The summed E-state index contributed by atoms with van der Waals surface area (Å²) in [5.74, 6) is 0. The van der Waals surface area contributed by atoms with Gasteiger partial charge in [-0.3, -0.25) is 0 Å². The molecule has 0 spiro atoms. The lowest BCUT2D eigenvalue weighted by Gasteiger charge is -2.42. The zero-order valence-electron chi connectivity index (χ0n) is 17.6. The molecule has 1 aliphatic heterocycles. The molecular weight excluding hydrogens is 364 g/mol. The van der Waals surface area contributed by atoms with Gasteiger partial charge in [-0.25, -0.2) is 0 Å². The molecule has 1 aromatic carbocycles. The molecule has 0 atom stereocenters. The predicted molar refractivity (Wildman–Crippen MR) is 119 cm³/mol. The van der Waals surface area contributed by atoms with E-state index < -0.39 is 0 Å². The van der Waals surface area contributed by atoms with Crippen LogP contribution >= 0.6 is 11.3 Å². The summed E-state index contributed by atoms with van der Waals surface area (Å²) in [5, 5.41) is 2.14. The van der Waals surface area contributed by atoms with Crippen molar-refractivity contribution >= 4 is 23.0 Å². The van der Waals surface area contributed by atoms with Crippen molar-refractivity contribution in [3.8, 4) is 0 Å². The fraction of sp³-hybridized carbons (Fsp3) is 0.520. The van der Waals surface area contributed by atoms with E-state index in [0.717, 1.165) is 26.1 Å². The van der Waals surface area contributed by atoms with Gasteiger partial charge in [0, 0.05) is 11.3 Å². The van der Waals surface area contributed by atoms with Crippen LogP contribution in [0.1, 0.15) is 74.9 Å². The molecule has 1 aromatic heterocycles. The molecule has 3 heteroatoms. The number of benzene rings is 1. The van der Waals surface area contributed by atoms with Gasteiger partial charge in [0.25, 0.3) is 0 Å². The van der Waals surface area contributed by atoms with Gasteiger partial charge < -0.3 is 9.47 Å². The minimum Gasteiger partial charge on any atom is -0.352 e. The maximum absolute atomic E-state index is 5.84. The standard InChI is InChI=1S/C25H32O2S/c1-24(2)10-11-25(3,4)21-16-18(8-9-20(21)24)15-19(22-7-5-14-28-22)17-23-26-12-6-13-27-23/h5,7-9,14-16,23H,6,10-13,17H2,1-4H3. The molecule has 0 N–H and O–H groups in total. The van der Waals surface area contributed by atoms with E-state index in [9.17, 15) is 0 Å². The van der Waals surface area contributed by atoms with Crippen molar-refractivity contribution in [2.45, 2.75) is 70.5 Å². The Balaban J connectivity index is 1.70. The molecule has 1 saturated heterocycles. The average molecular weight is 397 g/mol. The predicted octanol–water partition coefficient (Wildman–Crippen LogP) is 6.79. The van der Waals surface area contributed by atoms with Crippen LogP contribution in [0.15, 0.2) is 35.7 Å². The van der Waals surface area contributed by atoms with Crippen LogP contribution in [0.5, 0.6) is 0 Å². The Morgan fingerprint density at radius 2 is 1.75 bits per heavy atom. The summed E-state index contributed by atoms with van der Waals surface area (Å²) in [6.07, 6.45) is 6.48. The smallest absolute Gasteiger partial charge is 0.161 e. The number of rotatable bonds is 4. The van der Waals surface area contributed by atoms with Gasteiger partial charge in [-0.15, -0.1) is 11.3 Å². The lowest BCUT2D eigenvalue weighted by Crippen LogP contribution is -2.33. The van der Waals surface area contributed by atoms with Gasteiger partial charge in [-0.2, -0.15) is 0 Å². The molecule has 2 heterocycles. The van der Waals surface area contributed by atoms with E-state index in [-0.39, 0.29) is 17.1 Å². The van der Waals surface area contributed by atoms with Gasteiger partial charge in [-0.1, -0.05) is 58.0 Å². The number of fused-ring (bicyclic) bond motifs is 1. The van der Waals surface area contributed by atoms with Crippen molar-refractivity contribution in [2.75, 3.05) is 13.2 Å². The van der Waals surface area contributed by atoms with Gasteiger partial charge in [0.1, 0.15) is 0 Å². The minimum absolute atomic E-state index is 0.130. The highest BCUT2D eigenvalue weighted by molar-refractivity contribution is 7.11. The van der Waals surface area contributed by atoms with Gasteiger partial charge in [0.15, 0.2) is 6.29 Å². The van der Waals surface area contributed by atoms with Crippen LogP contribution in [0.2, 0.25) is 0 Å². The molecule has 1 aliphatic carbocycles. The number of hydrogen-bond acceptors (Lipinski definition) is 3. The number of hydrogen-bond donors (Lipinski definition) is 0. The SMILES string of the molecule is CC1(C)CCC(C)(C)c2cc(C=C(CC3OCCCO3)c3cccs3)ccc21. The molecule has 0 saturated carbocycles. The Morgan fingerprint density at radius 3 is 2.43 bits per heavy atom. The minimum atomic E-state index is -0.130. The van der Waals surface area contributed by atoms with Crippen LogP contribution in [-0.2, 0) is 20.3 Å². The quantitative estimate of drug-likeness (QED) is 0.566. The van der Waals surface area contributed by atoms with Crippen LogP contribution in [0, 0.1) is 0 Å². The van der Waals surface area contributed by atoms with E-state index in [1.165, 1.54) is 40.0 Å². The first-order chi connectivity index (χ1) is 13.4. The first-order valence-electron chi connectivity index (χ1n) is 10.5. The van der Waals surface area contributed by atoms with Crippen LogP contribution in [0.25, 0.3) is 11.6 Å². The summed E-state index contributed by atoms with van der Waals surface area (Å²) >= 11 is 1.79. The van der Waals surface area contributed by atoms with Crippen molar-refractivity contribution in [3.05, 3.63) is 57.3 Å². The van der Waals surface area contributed by atoms with E-state index in [0.29, 0.717) is 0 Å². The zero-order valence-corrected chi connectivity index (χ0v) is 18.4. The van der Waals surface area contributed by atoms with E-state index in [1.807, 2.05) is 0 Å². The van der Waals surface area contributed by atoms with Crippen molar-refractivity contribution in [1.82, 2.24) is 0 Å². The van der Waals surface area contributed by atoms with Crippen LogP contribution in [0.4, 0.5) is 0 Å². The Kier molecular flexibility index (Phi) is 5.52. The summed E-state index contributed by atoms with van der Waals surface area (Å²) in [6, 6.07) is 11.4. The van der Waals surface area contributed by atoms with Crippen molar-refractivity contribution < 1.29 is 9.47 Å². The maximum Gasteiger partial charge on any atom is 0.161 e. The molecule has 0 bridgehead atoms. The Labute approximate surface area is 173 Å². The molecule has 0 radical (unpaired) electrons. The number of thiophene rings is 1. The van der Waals surface area contributed by atoms with Gasteiger partial charge in [0.05, 0.1) is 13.2 Å². The van der Waals surface area contributed by atoms with Gasteiger partial charge >= 0.3 is 0 Å². The summed E-state index contributed by atoms with van der Waals surface area (Å²) < 4.78 is 11.7. The molecule has 4 rings (SSSR count). The fourth-order valence-corrected chi connectivity index (χ4v) is 5.18. The molecule has 1 fully saturated rings. The van der Waals surface area contributed by atoms with Crippen molar-refractivity contribution in [1.29, 1.82) is 0 Å². The van der Waals surface area contributed by atoms with Crippen molar-refractivity contribution in [3.63, 3.8) is 0 Å². The lowest BCUT2D eigenvalue weighted by atomic mass is 9.63. The monoisotopic (exact) mass is 396 g/mol. The maximum atomic E-state index is 5.84. The molecule has 2 aromatic rings. The molecular formula is C25H32O2S. The largest absolute Gasteiger partial charge is 0.352 e. The second kappa shape index (κ2) is 7.78. The molecule has 150 valence electrons. The van der Waals surface area contributed by atoms with Crippen LogP contribution in [-0.4, -0.2) is 19.5 Å². The van der Waals surface area contributed by atoms with E-state index >= 15 is 0 Å². The Hall–Kier alpha value is -1.42. The molecule has 28 heavy (non-hydrogen) atoms. The first kappa shape index (κ1) is 19.9. The average Bonchev–Trinajstić information content (AvgIpc) is 3.21. The molecule has 0 amide bonds. The fourth-order valence-electron chi connectivity index (χ4n) is 4.42. The Bertz CT molecular complexity index is 839. The third-order valence-electron chi connectivity index (χ3n) is 6.34. The second-order valence-electron chi connectivity index (χ2n) is 9.45. The first-order valence-corrected chi connectivity index (χ1v) is 11.4. The van der Waals surface area contributed by atoms with Crippen LogP contribution < -0.4 is 0 Å². The highest BCUT2D eigenvalue weighted by Gasteiger charge is 2.36. The topological polar surface area (TPSA) is 18.5 Å². The molecule has 0 unspecified atom stereocenters. The van der Waals surface area contributed by atoms with E-state index in [2.05, 4.69) is 69.5 Å². The lowest BCUT2D eigenvalue weighted by molar-refractivity contribution is -0.174. The molecule has 2 aliphatic rings. The second-order valence-corrected chi connectivity index (χ2v) is 10.4. The summed E-state index contributed by atoms with van der Waals surface area (Å²) in [6.45, 7) is 11.1. The van der Waals surface area contributed by atoms with E-state index in [1.54, 1.807) is 11.3 Å². The van der Waals surface area contributed by atoms with Gasteiger partial charge in [0.2, 0.25) is 0 Å². The highest BCUT2D eigenvalue weighted by Crippen LogP contribution is 2.46.